The van der Waals surface area contributed by atoms with Crippen LogP contribution in [0.5, 0.6) is 0 Å². The Balaban J connectivity index is 1.67. The number of aryl methyl sites for hydroxylation is 1. The van der Waals surface area contributed by atoms with E-state index in [1.165, 1.54) is 6.92 Å². The zero-order valence-corrected chi connectivity index (χ0v) is 15.0. The molecule has 1 N–H and O–H groups in total. The zero-order valence-electron chi connectivity index (χ0n) is 15.0. The molecule has 1 heterocycles. The van der Waals surface area contributed by atoms with Crippen LogP contribution in [-0.4, -0.2) is 28.6 Å². The normalized spacial score (nSPS) is 10.4. The summed E-state index contributed by atoms with van der Waals surface area (Å²) in [4.78, 5) is 34.3. The van der Waals surface area contributed by atoms with Crippen molar-refractivity contribution in [2.24, 2.45) is 0 Å². The van der Waals surface area contributed by atoms with Gasteiger partial charge in [-0.05, 0) is 19.1 Å². The van der Waals surface area contributed by atoms with Crippen molar-refractivity contribution in [3.8, 4) is 11.3 Å². The number of carbonyl (C=O) groups excluding carboxylic acids is 2. The smallest absolute Gasteiger partial charge is 0.344 e. The van der Waals surface area contributed by atoms with Gasteiger partial charge in [0.15, 0.2) is 6.61 Å². The van der Waals surface area contributed by atoms with Crippen LogP contribution in [0.4, 0.5) is 15.8 Å². The summed E-state index contributed by atoms with van der Waals surface area (Å²) in [5.41, 5.74) is 0.209. The molecule has 0 aliphatic heterocycles. The van der Waals surface area contributed by atoms with E-state index in [0.717, 1.165) is 18.2 Å². The van der Waals surface area contributed by atoms with Gasteiger partial charge in [-0.15, -0.1) is 0 Å². The van der Waals surface area contributed by atoms with Crippen LogP contribution in [0.15, 0.2) is 53.1 Å². The summed E-state index contributed by atoms with van der Waals surface area (Å²) in [7, 11) is 0. The van der Waals surface area contributed by atoms with E-state index >= 15 is 0 Å². The number of nitrogens with one attached hydrogen (secondary N) is 1. The number of amides is 1. The molecular weight excluding hydrogens is 385 g/mol. The molecule has 0 saturated heterocycles. The third kappa shape index (κ3) is 4.43. The third-order valence-corrected chi connectivity index (χ3v) is 3.88. The number of rotatable bonds is 6. The predicted octanol–water partition coefficient (Wildman–Crippen LogP) is 3.49. The van der Waals surface area contributed by atoms with E-state index in [0.29, 0.717) is 5.56 Å². The maximum Gasteiger partial charge on any atom is 0.344 e. The Morgan fingerprint density at radius 1 is 1.24 bits per heavy atom. The summed E-state index contributed by atoms with van der Waals surface area (Å²) < 4.78 is 23.4. The van der Waals surface area contributed by atoms with E-state index in [1.54, 1.807) is 30.3 Å². The molecule has 0 radical (unpaired) electrons. The molecule has 0 saturated carbocycles. The number of nitro groups is 1. The molecular formula is C19H14FN3O6. The van der Waals surface area contributed by atoms with Crippen LogP contribution in [0.25, 0.3) is 11.3 Å². The summed E-state index contributed by atoms with van der Waals surface area (Å²) in [6, 6.07) is 11.7. The van der Waals surface area contributed by atoms with Crippen molar-refractivity contribution in [3.05, 3.63) is 75.8 Å². The molecule has 2 aromatic carbocycles. The van der Waals surface area contributed by atoms with Gasteiger partial charge in [0.1, 0.15) is 17.0 Å². The monoisotopic (exact) mass is 399 g/mol. The van der Waals surface area contributed by atoms with Crippen molar-refractivity contribution in [1.82, 2.24) is 5.16 Å². The largest absolute Gasteiger partial charge is 0.452 e. The maximum atomic E-state index is 13.3. The first-order valence-electron chi connectivity index (χ1n) is 8.29. The minimum Gasteiger partial charge on any atom is -0.452 e. The van der Waals surface area contributed by atoms with Gasteiger partial charge in [-0.1, -0.05) is 35.5 Å². The van der Waals surface area contributed by atoms with E-state index in [-0.39, 0.29) is 22.7 Å². The van der Waals surface area contributed by atoms with E-state index in [4.69, 9.17) is 9.26 Å². The van der Waals surface area contributed by atoms with Gasteiger partial charge in [0.05, 0.1) is 4.92 Å². The molecule has 148 valence electrons. The maximum absolute atomic E-state index is 13.3. The number of halogens is 1. The number of hydrogen-bond acceptors (Lipinski definition) is 7. The minimum atomic E-state index is -1.03. The highest BCUT2D eigenvalue weighted by molar-refractivity contribution is 5.99. The number of benzene rings is 2. The van der Waals surface area contributed by atoms with Gasteiger partial charge in [-0.3, -0.25) is 14.9 Å². The number of nitrogens with zero attached hydrogens (tertiary/aromatic N) is 2. The molecule has 1 aromatic heterocycles. The van der Waals surface area contributed by atoms with Gasteiger partial charge in [-0.25, -0.2) is 4.79 Å². The first-order valence-corrected chi connectivity index (χ1v) is 8.29. The fourth-order valence-corrected chi connectivity index (χ4v) is 2.54. The second-order valence-corrected chi connectivity index (χ2v) is 5.88. The minimum absolute atomic E-state index is 0.00900. The number of ether oxygens (including phenoxy) is 1. The van der Waals surface area contributed by atoms with Crippen LogP contribution in [0.3, 0.4) is 0 Å². The van der Waals surface area contributed by atoms with Crippen molar-refractivity contribution < 1.29 is 28.2 Å². The van der Waals surface area contributed by atoms with Crippen LogP contribution in [0.2, 0.25) is 0 Å². The van der Waals surface area contributed by atoms with Crippen molar-refractivity contribution in [2.45, 2.75) is 6.92 Å². The average Bonchev–Trinajstić information content (AvgIpc) is 3.09. The number of aromatic nitrogens is 1. The van der Waals surface area contributed by atoms with E-state index < -0.39 is 34.9 Å². The molecule has 0 unspecified atom stereocenters. The molecule has 0 aliphatic rings. The Labute approximate surface area is 163 Å². The lowest BCUT2D eigenvalue weighted by molar-refractivity contribution is -0.387. The van der Waals surface area contributed by atoms with Gasteiger partial charge >= 0.3 is 11.7 Å². The van der Waals surface area contributed by atoms with Crippen molar-refractivity contribution >= 4 is 23.3 Å². The number of hydrogen-bond donors (Lipinski definition) is 1. The van der Waals surface area contributed by atoms with Crippen molar-refractivity contribution in [2.75, 3.05) is 11.9 Å². The van der Waals surface area contributed by atoms with E-state index in [2.05, 4.69) is 10.5 Å². The predicted molar refractivity (Wildman–Crippen MR) is 98.6 cm³/mol. The average molecular weight is 399 g/mol. The third-order valence-electron chi connectivity index (χ3n) is 3.88. The van der Waals surface area contributed by atoms with Gasteiger partial charge in [0, 0.05) is 17.3 Å². The number of esters is 1. The van der Waals surface area contributed by atoms with Crippen LogP contribution in [0, 0.1) is 22.9 Å². The molecule has 0 spiro atoms. The quantitative estimate of drug-likeness (QED) is 0.382. The lowest BCUT2D eigenvalue weighted by Gasteiger charge is -2.07. The molecule has 10 heteroatoms. The zero-order chi connectivity index (χ0) is 21.0. The van der Waals surface area contributed by atoms with Crippen LogP contribution >= 0.6 is 0 Å². The molecule has 3 rings (SSSR count). The second kappa shape index (κ2) is 8.30. The first kappa shape index (κ1) is 19.7. The van der Waals surface area contributed by atoms with Crippen molar-refractivity contribution in [1.29, 1.82) is 0 Å². The van der Waals surface area contributed by atoms with Gasteiger partial charge < -0.3 is 14.6 Å². The van der Waals surface area contributed by atoms with Crippen LogP contribution < -0.4 is 5.32 Å². The Kier molecular flexibility index (Phi) is 5.63. The SMILES string of the molecule is Cc1onc(-c2ccccc2)c1C(=O)OCC(=O)Nc1ccc(F)c([N+](=O)[O-])c1. The van der Waals surface area contributed by atoms with Crippen LogP contribution in [0.1, 0.15) is 16.1 Å². The van der Waals surface area contributed by atoms with E-state index in [9.17, 15) is 24.1 Å². The summed E-state index contributed by atoms with van der Waals surface area (Å²) in [6.07, 6.45) is 0. The molecule has 1 amide bonds. The highest BCUT2D eigenvalue weighted by Gasteiger charge is 2.24. The molecule has 0 atom stereocenters. The Morgan fingerprint density at radius 3 is 2.66 bits per heavy atom. The van der Waals surface area contributed by atoms with Gasteiger partial charge in [0.25, 0.3) is 5.91 Å². The fourth-order valence-electron chi connectivity index (χ4n) is 2.54. The fraction of sp³-hybridized carbons (Fsp3) is 0.105. The summed E-state index contributed by atoms with van der Waals surface area (Å²) in [6.45, 7) is 0.872. The number of anilines is 1. The van der Waals surface area contributed by atoms with Crippen molar-refractivity contribution in [3.63, 3.8) is 0 Å². The number of nitro benzene ring substituents is 1. The molecule has 0 aliphatic carbocycles. The molecule has 3 aromatic rings. The Bertz CT molecular complexity index is 1080. The molecule has 0 fully saturated rings. The summed E-state index contributed by atoms with van der Waals surface area (Å²) >= 11 is 0. The molecule has 9 nitrogen and oxygen atoms in total. The van der Waals surface area contributed by atoms with Gasteiger partial charge in [-0.2, -0.15) is 4.39 Å². The second-order valence-electron chi connectivity index (χ2n) is 5.88. The summed E-state index contributed by atoms with van der Waals surface area (Å²) in [5.74, 6) is -2.38. The number of carbonyl (C=O) groups is 2. The Hall–Kier alpha value is -4.08. The topological polar surface area (TPSA) is 125 Å². The highest BCUT2D eigenvalue weighted by atomic mass is 19.1. The lowest BCUT2D eigenvalue weighted by Crippen LogP contribution is -2.21. The first-order chi connectivity index (χ1) is 13.9. The Morgan fingerprint density at radius 2 is 1.97 bits per heavy atom. The molecule has 29 heavy (non-hydrogen) atoms. The standard InChI is InChI=1S/C19H14FN3O6/c1-11-17(18(22-29-11)12-5-3-2-4-6-12)19(25)28-10-16(24)21-13-7-8-14(20)15(9-13)23(26)27/h2-9H,10H2,1H3,(H,21,24). The van der Waals surface area contributed by atoms with Crippen LogP contribution in [-0.2, 0) is 9.53 Å². The summed E-state index contributed by atoms with van der Waals surface area (Å²) in [5, 5.41) is 16.9. The highest BCUT2D eigenvalue weighted by Crippen LogP contribution is 2.26. The van der Waals surface area contributed by atoms with Gasteiger partial charge in [0.2, 0.25) is 5.82 Å². The lowest BCUT2D eigenvalue weighted by atomic mass is 10.1. The van der Waals surface area contributed by atoms with E-state index in [1.807, 2.05) is 0 Å². The molecule has 0 bridgehead atoms.